The van der Waals surface area contributed by atoms with Gasteiger partial charge in [0, 0.05) is 0 Å². The van der Waals surface area contributed by atoms with Crippen LogP contribution in [0.2, 0.25) is 0 Å². The molecule has 0 saturated carbocycles. The Morgan fingerprint density at radius 1 is 1.42 bits per heavy atom. The number of ether oxygens (including phenoxy) is 2. The van der Waals surface area contributed by atoms with Crippen LogP contribution in [0, 0.1) is 0 Å². The number of carbonyl (C=O) groups excluding carboxylic acids is 2. The second kappa shape index (κ2) is 5.21. The number of hydrogen-bond donors (Lipinski definition) is 0. The highest BCUT2D eigenvalue weighted by Crippen LogP contribution is 2.36. The Labute approximate surface area is 116 Å². The van der Waals surface area contributed by atoms with Crippen molar-refractivity contribution >= 4 is 23.5 Å². The van der Waals surface area contributed by atoms with E-state index in [9.17, 15) is 9.59 Å². The van der Waals surface area contributed by atoms with Crippen molar-refractivity contribution in [1.29, 1.82) is 0 Å². The summed E-state index contributed by atoms with van der Waals surface area (Å²) in [4.78, 5) is 22.3. The molecule has 1 aliphatic heterocycles. The zero-order chi connectivity index (χ0) is 14.0. The van der Waals surface area contributed by atoms with Crippen LogP contribution in [0.1, 0.15) is 30.6 Å². The third-order valence-electron chi connectivity index (χ3n) is 3.18. The molecule has 0 spiro atoms. The minimum absolute atomic E-state index is 0.421. The molecule has 0 radical (unpaired) electrons. The molecule has 19 heavy (non-hydrogen) atoms. The lowest BCUT2D eigenvalue weighted by molar-refractivity contribution is -0.143. The maximum Gasteiger partial charge on any atom is 0.338 e. The van der Waals surface area contributed by atoms with E-state index in [0.29, 0.717) is 12.0 Å². The Bertz CT molecular complexity index is 483. The van der Waals surface area contributed by atoms with Crippen LogP contribution in [0.4, 0.5) is 0 Å². The minimum Gasteiger partial charge on any atom is -0.457 e. The number of hydrogen-bond acceptors (Lipinski definition) is 4. The highest BCUT2D eigenvalue weighted by Gasteiger charge is 2.55. The molecule has 0 bridgehead atoms. The van der Waals surface area contributed by atoms with Gasteiger partial charge in [-0.2, -0.15) is 0 Å². The molecule has 1 heterocycles. The first-order chi connectivity index (χ1) is 8.96. The summed E-state index contributed by atoms with van der Waals surface area (Å²) in [6.45, 7) is 3.36. The second-order valence-electron chi connectivity index (χ2n) is 4.62. The molecule has 1 fully saturated rings. The SMILES string of the molecule is CC[C@H]1OC(=O)[C@](C)(Cl)[C@@H]1OC(=O)c1ccccc1. The molecule has 1 aromatic carbocycles. The average Bonchev–Trinajstić information content (AvgIpc) is 2.63. The Morgan fingerprint density at radius 2 is 2.05 bits per heavy atom. The number of esters is 2. The smallest absolute Gasteiger partial charge is 0.338 e. The van der Waals surface area contributed by atoms with Crippen molar-refractivity contribution in [2.75, 3.05) is 0 Å². The van der Waals surface area contributed by atoms with E-state index in [1.807, 2.05) is 6.92 Å². The number of halogens is 1. The predicted octanol–water partition coefficient (Wildman–Crippen LogP) is 2.54. The zero-order valence-corrected chi connectivity index (χ0v) is 11.5. The van der Waals surface area contributed by atoms with Gasteiger partial charge in [-0.05, 0) is 25.5 Å². The van der Waals surface area contributed by atoms with Crippen LogP contribution in [-0.2, 0) is 14.3 Å². The van der Waals surface area contributed by atoms with E-state index in [4.69, 9.17) is 21.1 Å². The van der Waals surface area contributed by atoms with E-state index in [1.54, 1.807) is 30.3 Å². The molecule has 1 aromatic rings. The van der Waals surface area contributed by atoms with Gasteiger partial charge in [0.15, 0.2) is 11.0 Å². The summed E-state index contributed by atoms with van der Waals surface area (Å²) in [5, 5.41) is 0. The van der Waals surface area contributed by atoms with Crippen LogP contribution in [0.5, 0.6) is 0 Å². The molecule has 4 nitrogen and oxygen atoms in total. The minimum atomic E-state index is -1.33. The molecule has 1 saturated heterocycles. The number of carbonyl (C=O) groups is 2. The van der Waals surface area contributed by atoms with Crippen LogP contribution >= 0.6 is 11.6 Å². The largest absolute Gasteiger partial charge is 0.457 e. The lowest BCUT2D eigenvalue weighted by Gasteiger charge is -2.23. The Morgan fingerprint density at radius 3 is 2.63 bits per heavy atom. The summed E-state index contributed by atoms with van der Waals surface area (Å²) in [5.74, 6) is -1.05. The van der Waals surface area contributed by atoms with Crippen LogP contribution in [0.15, 0.2) is 30.3 Å². The van der Waals surface area contributed by atoms with Gasteiger partial charge in [0.1, 0.15) is 6.10 Å². The molecule has 0 unspecified atom stereocenters. The van der Waals surface area contributed by atoms with Crippen LogP contribution in [-0.4, -0.2) is 29.0 Å². The maximum absolute atomic E-state index is 12.0. The maximum atomic E-state index is 12.0. The Balaban J connectivity index is 2.17. The summed E-state index contributed by atoms with van der Waals surface area (Å²) in [6, 6.07) is 8.58. The summed E-state index contributed by atoms with van der Waals surface area (Å²) < 4.78 is 10.5. The van der Waals surface area contributed by atoms with E-state index >= 15 is 0 Å². The monoisotopic (exact) mass is 282 g/mol. The predicted molar refractivity (Wildman–Crippen MR) is 70.1 cm³/mol. The van der Waals surface area contributed by atoms with Crippen LogP contribution < -0.4 is 0 Å². The molecule has 0 amide bonds. The van der Waals surface area contributed by atoms with Gasteiger partial charge in [-0.25, -0.2) is 9.59 Å². The third kappa shape index (κ3) is 2.59. The second-order valence-corrected chi connectivity index (χ2v) is 5.40. The van der Waals surface area contributed by atoms with E-state index in [0.717, 1.165) is 0 Å². The summed E-state index contributed by atoms with van der Waals surface area (Å²) in [6.07, 6.45) is -0.733. The van der Waals surface area contributed by atoms with Crippen molar-refractivity contribution < 1.29 is 19.1 Å². The van der Waals surface area contributed by atoms with Crippen molar-refractivity contribution in [3.63, 3.8) is 0 Å². The van der Waals surface area contributed by atoms with Gasteiger partial charge in [-0.1, -0.05) is 25.1 Å². The van der Waals surface area contributed by atoms with Gasteiger partial charge in [-0.3, -0.25) is 0 Å². The van der Waals surface area contributed by atoms with Gasteiger partial charge < -0.3 is 9.47 Å². The number of alkyl halides is 1. The van der Waals surface area contributed by atoms with E-state index in [1.165, 1.54) is 6.92 Å². The van der Waals surface area contributed by atoms with E-state index in [2.05, 4.69) is 0 Å². The Kier molecular flexibility index (Phi) is 3.80. The normalized spacial score (nSPS) is 29.9. The van der Waals surface area contributed by atoms with Crippen molar-refractivity contribution in [1.82, 2.24) is 0 Å². The van der Waals surface area contributed by atoms with Crippen molar-refractivity contribution in [3.05, 3.63) is 35.9 Å². The molecule has 0 N–H and O–H groups in total. The molecule has 0 aliphatic carbocycles. The first-order valence-electron chi connectivity index (χ1n) is 6.12. The quantitative estimate of drug-likeness (QED) is 0.631. The summed E-state index contributed by atoms with van der Waals surface area (Å²) >= 11 is 6.14. The molecular weight excluding hydrogens is 268 g/mol. The van der Waals surface area contributed by atoms with E-state index in [-0.39, 0.29) is 0 Å². The highest BCUT2D eigenvalue weighted by atomic mass is 35.5. The molecule has 2 rings (SSSR count). The fourth-order valence-electron chi connectivity index (χ4n) is 2.02. The number of rotatable bonds is 3. The molecule has 3 atom stereocenters. The fourth-order valence-corrected chi connectivity index (χ4v) is 2.25. The van der Waals surface area contributed by atoms with E-state index < -0.39 is 29.0 Å². The first kappa shape index (κ1) is 13.9. The van der Waals surface area contributed by atoms with Gasteiger partial charge in [0.25, 0.3) is 0 Å². The van der Waals surface area contributed by atoms with Crippen molar-refractivity contribution in [2.45, 2.75) is 37.4 Å². The lowest BCUT2D eigenvalue weighted by atomic mass is 10.0. The van der Waals surface area contributed by atoms with Crippen LogP contribution in [0.3, 0.4) is 0 Å². The molecule has 0 aromatic heterocycles. The molecular formula is C14H15ClO4. The van der Waals surface area contributed by atoms with Gasteiger partial charge in [0.05, 0.1) is 5.56 Å². The van der Waals surface area contributed by atoms with Gasteiger partial charge in [0.2, 0.25) is 0 Å². The topological polar surface area (TPSA) is 52.6 Å². The van der Waals surface area contributed by atoms with Gasteiger partial charge >= 0.3 is 11.9 Å². The van der Waals surface area contributed by atoms with Crippen molar-refractivity contribution in [3.8, 4) is 0 Å². The number of benzene rings is 1. The third-order valence-corrected chi connectivity index (χ3v) is 3.54. The molecule has 102 valence electrons. The Hall–Kier alpha value is -1.55. The highest BCUT2D eigenvalue weighted by molar-refractivity contribution is 6.35. The first-order valence-corrected chi connectivity index (χ1v) is 6.50. The molecule has 5 heteroatoms. The zero-order valence-electron chi connectivity index (χ0n) is 10.8. The fraction of sp³-hybridized carbons (Fsp3) is 0.429. The lowest BCUT2D eigenvalue weighted by Crippen LogP contribution is -2.41. The van der Waals surface area contributed by atoms with Crippen LogP contribution in [0.25, 0.3) is 0 Å². The average molecular weight is 283 g/mol. The van der Waals surface area contributed by atoms with Gasteiger partial charge in [-0.15, -0.1) is 11.6 Å². The summed E-state index contributed by atoms with van der Waals surface area (Å²) in [7, 11) is 0. The standard InChI is InChI=1S/C14H15ClO4/c1-3-10-11(14(2,15)13(17)18-10)19-12(16)9-7-5-4-6-8-9/h4-8,10-11H,3H2,1-2H3/t10-,11-,14-/m1/s1. The van der Waals surface area contributed by atoms with Crippen molar-refractivity contribution in [2.24, 2.45) is 0 Å². The summed E-state index contributed by atoms with van der Waals surface area (Å²) in [5.41, 5.74) is 0.421. The number of cyclic esters (lactones) is 1. The molecule has 1 aliphatic rings.